The number of ether oxygens (including phenoxy) is 8. The minimum absolute atomic E-state index is 0.0463. The fourth-order valence-electron chi connectivity index (χ4n) is 11.5. The summed E-state index contributed by atoms with van der Waals surface area (Å²) in [7, 11) is 1.44. The lowest BCUT2D eigenvalue weighted by atomic mass is 9.86. The molecular formula is C64H77N9O24. The van der Waals surface area contributed by atoms with E-state index < -0.39 is 139 Å². The molecule has 8 atom stereocenters. The monoisotopic (exact) mass is 1360 g/mol. The number of amides is 8. The van der Waals surface area contributed by atoms with Gasteiger partial charge in [-0.1, -0.05) is 26.3 Å². The van der Waals surface area contributed by atoms with E-state index >= 15 is 0 Å². The lowest BCUT2D eigenvalue weighted by molar-refractivity contribution is -0.271. The summed E-state index contributed by atoms with van der Waals surface area (Å²) in [5.74, 6) is -7.29. The van der Waals surface area contributed by atoms with Gasteiger partial charge in [0.05, 0.1) is 47.9 Å². The summed E-state index contributed by atoms with van der Waals surface area (Å²) in [6, 6.07) is 4.01. The standard InChI is InChI=1S/C64H77N9O24/c1-7-9-12-32-33-27-72-39(24-35-34(57(72)83)29-91-60(86)64(35,89)8-2)48(33)69-38-25-42-53(94-30-93-42)49(47(32)38)71-62(88)92-28-31-14-15-41(95-59-52(80)50(78)51(79)54(96-59)58(84)85)37(23-31)68-44(75)18-21-66-55(81)36(13-10-11-20-65-43(74)19-22-90-6)70-56(82)40(73-45(76)16-17-46(73)77)26-67-61(87)97-63(3,4)5/h14-17,23-25,36,40,50-52,54,59,78-80,89H,7-13,18-22,26-30H2,1-6H3,(H,65,74)(H,66,81)(H,67,87)(H,68,75)(H,70,82)(H,71,88)(H,84,85)/t36-,40+,50-,51-,52+,54-,59+,64-/m0/s1. The van der Waals surface area contributed by atoms with Gasteiger partial charge in [0.25, 0.3) is 17.4 Å². The zero-order chi connectivity index (χ0) is 70.2. The average molecular weight is 1360 g/mol. The lowest BCUT2D eigenvalue weighted by Crippen LogP contribution is -2.61. The van der Waals surface area contributed by atoms with E-state index in [2.05, 4.69) is 31.9 Å². The maximum absolute atomic E-state index is 14.2. The fraction of sp³-hybridized carbons (Fsp3) is 0.500. The molecule has 0 aliphatic carbocycles. The zero-order valence-corrected chi connectivity index (χ0v) is 53.9. The minimum atomic E-state index is -2.09. The number of nitrogens with one attached hydrogen (secondary N) is 6. The van der Waals surface area contributed by atoms with Gasteiger partial charge in [0.15, 0.2) is 23.2 Å². The molecule has 5 aliphatic heterocycles. The second-order valence-corrected chi connectivity index (χ2v) is 24.4. The Morgan fingerprint density at radius 1 is 0.825 bits per heavy atom. The number of anilines is 2. The lowest BCUT2D eigenvalue weighted by Gasteiger charge is -2.38. The Morgan fingerprint density at radius 2 is 1.58 bits per heavy atom. The van der Waals surface area contributed by atoms with Gasteiger partial charge in [-0.3, -0.25) is 43.8 Å². The second kappa shape index (κ2) is 30.5. The number of imide groups is 1. The van der Waals surface area contributed by atoms with Gasteiger partial charge in [0, 0.05) is 67.8 Å². The molecule has 1 saturated heterocycles. The van der Waals surface area contributed by atoms with Crippen molar-refractivity contribution < 1.29 is 111 Å². The van der Waals surface area contributed by atoms with E-state index in [1.807, 2.05) is 6.92 Å². The molecule has 0 saturated carbocycles. The molecule has 0 bridgehead atoms. The predicted octanol–water partition coefficient (Wildman–Crippen LogP) is 1.24. The van der Waals surface area contributed by atoms with Crippen LogP contribution >= 0.6 is 0 Å². The van der Waals surface area contributed by atoms with E-state index in [1.165, 1.54) is 29.9 Å². The molecule has 33 heteroatoms. The number of nitrogens with zero attached hydrogens (tertiary/aromatic N) is 3. The summed E-state index contributed by atoms with van der Waals surface area (Å²) in [4.78, 5) is 152. The highest BCUT2D eigenvalue weighted by molar-refractivity contribution is 6.15. The molecule has 0 unspecified atom stereocenters. The maximum atomic E-state index is 14.2. The van der Waals surface area contributed by atoms with E-state index in [4.69, 9.17) is 42.9 Å². The van der Waals surface area contributed by atoms with E-state index in [1.54, 1.807) is 39.8 Å². The van der Waals surface area contributed by atoms with E-state index in [9.17, 15) is 78.3 Å². The number of aliphatic carboxylic acids is 1. The first-order chi connectivity index (χ1) is 46.2. The molecule has 2 aromatic carbocycles. The van der Waals surface area contributed by atoms with Crippen molar-refractivity contribution in [2.24, 2.45) is 0 Å². The molecule has 0 radical (unpaired) electrons. The van der Waals surface area contributed by atoms with Crippen molar-refractivity contribution in [1.82, 2.24) is 35.7 Å². The molecular weight excluding hydrogens is 1280 g/mol. The van der Waals surface area contributed by atoms with Crippen LogP contribution in [0.1, 0.15) is 114 Å². The maximum Gasteiger partial charge on any atom is 0.412 e. The van der Waals surface area contributed by atoms with Crippen LogP contribution < -0.4 is 51.7 Å². The Labute approximate surface area is 553 Å². The van der Waals surface area contributed by atoms with Crippen molar-refractivity contribution in [1.29, 1.82) is 0 Å². The van der Waals surface area contributed by atoms with Crippen molar-refractivity contribution in [3.05, 3.63) is 80.7 Å². The SMILES string of the molecule is CCCCc1c2c(nc3cc4c(c(NC(=O)OCc5ccc(O[C@@H]6O[C@H](C(=O)O)[C@@H](O)[C@H](O)[C@H]6O)c(NC(=O)CCNC(=O)[C@H](CCCCNC(=O)CCOC)NC(=O)[C@@H](CNC(=O)OC(C)(C)C)N6C(=O)C=CC6=O)c5)c13)OCO4)-c1cc3c(c(=O)n1C2)COC(=O)[C@]3(O)CC. The first-order valence-electron chi connectivity index (χ1n) is 31.4. The highest BCUT2D eigenvalue weighted by Crippen LogP contribution is 2.49. The number of esters is 1. The Kier molecular flexibility index (Phi) is 22.5. The third kappa shape index (κ3) is 16.0. The normalized spacial score (nSPS) is 20.4. The molecule has 9 rings (SSSR count). The van der Waals surface area contributed by atoms with E-state index in [0.29, 0.717) is 57.6 Å². The number of carboxylic acids is 1. The molecule has 522 valence electrons. The van der Waals surface area contributed by atoms with Crippen LogP contribution in [0.25, 0.3) is 22.3 Å². The Bertz CT molecular complexity index is 3850. The van der Waals surface area contributed by atoms with Gasteiger partial charge in [-0.05, 0) is 88.6 Å². The number of cyclic esters (lactones) is 1. The van der Waals surface area contributed by atoms with Crippen molar-refractivity contribution >= 4 is 81.8 Å². The number of aromatic nitrogens is 2. The molecule has 8 amide bonds. The summed E-state index contributed by atoms with van der Waals surface area (Å²) in [5, 5.41) is 69.2. The van der Waals surface area contributed by atoms with E-state index in [0.717, 1.165) is 18.6 Å². The number of aliphatic hydroxyl groups excluding tert-OH is 3. The molecule has 4 aromatic rings. The van der Waals surface area contributed by atoms with Gasteiger partial charge in [0.1, 0.15) is 60.6 Å². The first-order valence-corrected chi connectivity index (χ1v) is 31.4. The number of pyridine rings is 2. The third-order valence-electron chi connectivity index (χ3n) is 16.5. The van der Waals surface area contributed by atoms with Crippen molar-refractivity contribution in [2.75, 3.05) is 50.8 Å². The second-order valence-electron chi connectivity index (χ2n) is 24.4. The number of aliphatic hydroxyl groups is 4. The van der Waals surface area contributed by atoms with Crippen molar-refractivity contribution in [3.8, 4) is 28.6 Å². The molecule has 11 N–H and O–H groups in total. The van der Waals surface area contributed by atoms with Crippen LogP contribution in [0.2, 0.25) is 0 Å². The van der Waals surface area contributed by atoms with Gasteiger partial charge in [-0.2, -0.15) is 0 Å². The quantitative estimate of drug-likeness (QED) is 0.0145. The zero-order valence-electron chi connectivity index (χ0n) is 53.9. The number of carbonyl (C=O) groups is 10. The minimum Gasteiger partial charge on any atom is -0.479 e. The molecule has 1 fully saturated rings. The van der Waals surface area contributed by atoms with Gasteiger partial charge in [-0.15, -0.1) is 0 Å². The Morgan fingerprint density at radius 3 is 2.28 bits per heavy atom. The molecule has 7 heterocycles. The summed E-state index contributed by atoms with van der Waals surface area (Å²) in [6.07, 6.45) is -8.66. The summed E-state index contributed by atoms with van der Waals surface area (Å²) in [5.41, 5.74) is -0.734. The summed E-state index contributed by atoms with van der Waals surface area (Å²) >= 11 is 0. The first kappa shape index (κ1) is 71.5. The van der Waals surface area contributed by atoms with Crippen LogP contribution in [0.3, 0.4) is 0 Å². The van der Waals surface area contributed by atoms with Gasteiger partial charge in [-0.25, -0.2) is 24.2 Å². The number of hydrogen-bond donors (Lipinski definition) is 11. The van der Waals surface area contributed by atoms with Gasteiger partial charge in [0.2, 0.25) is 36.7 Å². The molecule has 33 nitrogen and oxygen atoms in total. The number of carbonyl (C=O) groups excluding carboxylic acids is 9. The number of unbranched alkanes of at least 4 members (excludes halogenated alkanes) is 2. The van der Waals surface area contributed by atoms with Crippen LogP contribution in [0.5, 0.6) is 17.2 Å². The van der Waals surface area contributed by atoms with Gasteiger partial charge >= 0.3 is 24.1 Å². The van der Waals surface area contributed by atoms with Crippen LogP contribution in [0, 0.1) is 0 Å². The number of fused-ring (bicyclic) bond motifs is 6. The van der Waals surface area contributed by atoms with Crippen LogP contribution in [-0.2, 0) is 93.8 Å². The largest absolute Gasteiger partial charge is 0.479 e. The van der Waals surface area contributed by atoms with Crippen molar-refractivity contribution in [3.63, 3.8) is 0 Å². The molecule has 2 aromatic heterocycles. The van der Waals surface area contributed by atoms with E-state index in [-0.39, 0.29) is 110 Å². The molecule has 97 heavy (non-hydrogen) atoms. The number of aryl methyl sites for hydroxylation is 1. The van der Waals surface area contributed by atoms with Crippen LogP contribution in [0.4, 0.5) is 21.0 Å². The van der Waals surface area contributed by atoms with Crippen molar-refractivity contribution in [2.45, 2.75) is 166 Å². The smallest absolute Gasteiger partial charge is 0.412 e. The fourth-order valence-corrected chi connectivity index (χ4v) is 11.5. The van der Waals surface area contributed by atoms with Crippen LogP contribution in [-0.4, -0.2) is 188 Å². The highest BCUT2D eigenvalue weighted by atomic mass is 16.7. The number of benzene rings is 2. The van der Waals surface area contributed by atoms with Crippen LogP contribution in [0.15, 0.2) is 47.3 Å². The predicted molar refractivity (Wildman–Crippen MR) is 335 cm³/mol. The van der Waals surface area contributed by atoms with Gasteiger partial charge < -0.3 is 94.6 Å². The highest BCUT2D eigenvalue weighted by Gasteiger charge is 2.49. The summed E-state index contributed by atoms with van der Waals surface area (Å²) in [6.45, 7) is 6.62. The molecule has 0 spiro atoms. The third-order valence-corrected chi connectivity index (χ3v) is 16.5. The number of methoxy groups -OCH3 is 1. The average Bonchev–Trinajstić information content (AvgIpc) is 1.60. The number of alkyl carbamates (subject to hydrolysis) is 1. The number of carboxylic acid groups (broad SMARTS) is 1. The molecule has 5 aliphatic rings. The Balaban J connectivity index is 0.940. The number of rotatable bonds is 28. The number of hydrogen-bond acceptors (Lipinski definition) is 24. The topological polar surface area (TPSA) is 456 Å². The summed E-state index contributed by atoms with van der Waals surface area (Å²) < 4.78 is 45.7. The Hall–Kier alpha value is -9.80.